The predicted octanol–water partition coefficient (Wildman–Crippen LogP) is 6.38. The Hall–Kier alpha value is -2.86. The molecule has 5 nitrogen and oxygen atoms in total. The SMILES string of the molecule is CC(C)(C)c1ccc(-c2nc3c(C(=O)NCCCO)cc(Cl)cn3c2-c2ccc(Cl)cc2)cc1. The number of carbonyl (C=O) groups excluding carboxylic acids is 1. The summed E-state index contributed by atoms with van der Waals surface area (Å²) < 4.78 is 1.86. The number of aliphatic hydroxyl groups excluding tert-OH is 1. The summed E-state index contributed by atoms with van der Waals surface area (Å²) in [6, 6.07) is 17.5. The Morgan fingerprint density at radius 2 is 1.65 bits per heavy atom. The van der Waals surface area contributed by atoms with Crippen LogP contribution in [0.5, 0.6) is 0 Å². The van der Waals surface area contributed by atoms with Crippen LogP contribution in [0, 0.1) is 0 Å². The van der Waals surface area contributed by atoms with Crippen molar-refractivity contribution in [1.29, 1.82) is 0 Å². The van der Waals surface area contributed by atoms with Gasteiger partial charge < -0.3 is 10.4 Å². The molecule has 0 aliphatic carbocycles. The van der Waals surface area contributed by atoms with E-state index in [4.69, 9.17) is 33.3 Å². The minimum Gasteiger partial charge on any atom is -0.396 e. The molecule has 0 aliphatic heterocycles. The van der Waals surface area contributed by atoms with Crippen molar-refractivity contribution < 1.29 is 9.90 Å². The molecule has 2 N–H and O–H groups in total. The molecule has 0 atom stereocenters. The number of aliphatic hydroxyl groups is 1. The van der Waals surface area contributed by atoms with Gasteiger partial charge in [0.2, 0.25) is 0 Å². The first-order valence-corrected chi connectivity index (χ1v) is 11.9. The van der Waals surface area contributed by atoms with E-state index in [9.17, 15) is 4.79 Å². The van der Waals surface area contributed by atoms with E-state index in [0.717, 1.165) is 22.5 Å². The van der Waals surface area contributed by atoms with Crippen molar-refractivity contribution in [3.8, 4) is 22.5 Å². The lowest BCUT2D eigenvalue weighted by molar-refractivity contribution is 0.0952. The highest BCUT2D eigenvalue weighted by molar-refractivity contribution is 6.31. The van der Waals surface area contributed by atoms with Gasteiger partial charge >= 0.3 is 0 Å². The van der Waals surface area contributed by atoms with E-state index in [1.807, 2.05) is 28.7 Å². The van der Waals surface area contributed by atoms with Crippen LogP contribution in [0.2, 0.25) is 10.0 Å². The zero-order valence-corrected chi connectivity index (χ0v) is 20.9. The van der Waals surface area contributed by atoms with Crippen molar-refractivity contribution in [2.45, 2.75) is 32.6 Å². The number of aromatic nitrogens is 2. The summed E-state index contributed by atoms with van der Waals surface area (Å²) in [5.41, 5.74) is 5.54. The number of nitrogens with zero attached hydrogens (tertiary/aromatic N) is 2. The molecular weight excluding hydrogens is 469 g/mol. The number of nitrogens with one attached hydrogen (secondary N) is 1. The molecule has 2 aromatic heterocycles. The van der Waals surface area contributed by atoms with E-state index in [2.05, 4.69) is 50.4 Å². The van der Waals surface area contributed by atoms with Gasteiger partial charge in [0.25, 0.3) is 5.91 Å². The molecule has 2 aromatic carbocycles. The molecular formula is C27H27Cl2N3O2. The van der Waals surface area contributed by atoms with Crippen molar-refractivity contribution in [3.05, 3.63) is 82.0 Å². The molecule has 0 fully saturated rings. The van der Waals surface area contributed by atoms with Crippen LogP contribution in [0.1, 0.15) is 43.1 Å². The largest absolute Gasteiger partial charge is 0.396 e. The molecule has 4 rings (SSSR count). The van der Waals surface area contributed by atoms with Crippen LogP contribution in [0.4, 0.5) is 0 Å². The zero-order valence-electron chi connectivity index (χ0n) is 19.4. The monoisotopic (exact) mass is 495 g/mol. The fraction of sp³-hybridized carbons (Fsp3) is 0.259. The van der Waals surface area contributed by atoms with E-state index in [1.54, 1.807) is 12.3 Å². The Morgan fingerprint density at radius 3 is 2.26 bits per heavy atom. The second-order valence-corrected chi connectivity index (χ2v) is 10.1. The molecule has 0 saturated carbocycles. The first-order chi connectivity index (χ1) is 16.2. The first-order valence-electron chi connectivity index (χ1n) is 11.2. The Bertz CT molecular complexity index is 1320. The molecule has 0 bridgehead atoms. The Labute approximate surface area is 209 Å². The molecule has 176 valence electrons. The number of hydrogen-bond acceptors (Lipinski definition) is 3. The maximum absolute atomic E-state index is 13.0. The van der Waals surface area contributed by atoms with Gasteiger partial charge in [-0.1, -0.05) is 80.4 Å². The minimum absolute atomic E-state index is 0.00401. The van der Waals surface area contributed by atoms with Crippen LogP contribution in [0.3, 0.4) is 0 Å². The summed E-state index contributed by atoms with van der Waals surface area (Å²) in [5, 5.41) is 12.9. The zero-order chi connectivity index (χ0) is 24.5. The van der Waals surface area contributed by atoms with Crippen molar-refractivity contribution in [3.63, 3.8) is 0 Å². The lowest BCUT2D eigenvalue weighted by atomic mass is 9.86. The molecule has 0 saturated heterocycles. The van der Waals surface area contributed by atoms with Gasteiger partial charge in [-0.15, -0.1) is 0 Å². The molecule has 34 heavy (non-hydrogen) atoms. The lowest BCUT2D eigenvalue weighted by Gasteiger charge is -2.19. The molecule has 4 aromatic rings. The van der Waals surface area contributed by atoms with Gasteiger partial charge in [0, 0.05) is 35.5 Å². The number of pyridine rings is 1. The lowest BCUT2D eigenvalue weighted by Crippen LogP contribution is -2.25. The predicted molar refractivity (Wildman–Crippen MR) is 139 cm³/mol. The molecule has 7 heteroatoms. The van der Waals surface area contributed by atoms with Gasteiger partial charge in [0.05, 0.1) is 22.0 Å². The van der Waals surface area contributed by atoms with Crippen molar-refractivity contribution in [2.75, 3.05) is 13.2 Å². The van der Waals surface area contributed by atoms with Gasteiger partial charge in [0.15, 0.2) is 5.65 Å². The molecule has 0 radical (unpaired) electrons. The number of hydrogen-bond donors (Lipinski definition) is 2. The molecule has 0 aliphatic rings. The summed E-state index contributed by atoms with van der Waals surface area (Å²) in [4.78, 5) is 17.9. The first kappa shape index (κ1) is 24.3. The summed E-state index contributed by atoms with van der Waals surface area (Å²) in [6.07, 6.45) is 2.24. The van der Waals surface area contributed by atoms with E-state index < -0.39 is 0 Å². The van der Waals surface area contributed by atoms with E-state index in [1.165, 1.54) is 5.56 Å². The summed E-state index contributed by atoms with van der Waals surface area (Å²) in [6.45, 7) is 6.89. The van der Waals surface area contributed by atoms with E-state index in [0.29, 0.717) is 34.2 Å². The van der Waals surface area contributed by atoms with Gasteiger partial charge in [-0.05, 0) is 35.6 Å². The molecule has 2 heterocycles. The van der Waals surface area contributed by atoms with E-state index in [-0.39, 0.29) is 17.9 Å². The van der Waals surface area contributed by atoms with Crippen LogP contribution in [-0.4, -0.2) is 33.6 Å². The summed E-state index contributed by atoms with van der Waals surface area (Å²) in [5.74, 6) is -0.289. The second kappa shape index (κ2) is 9.79. The number of rotatable bonds is 6. The van der Waals surface area contributed by atoms with E-state index >= 15 is 0 Å². The maximum Gasteiger partial charge on any atom is 0.255 e. The third-order valence-corrected chi connectivity index (χ3v) is 6.15. The van der Waals surface area contributed by atoms with Gasteiger partial charge in [-0.3, -0.25) is 9.20 Å². The maximum atomic E-state index is 13.0. The third-order valence-electron chi connectivity index (χ3n) is 5.69. The van der Waals surface area contributed by atoms with Crippen LogP contribution < -0.4 is 5.32 Å². The number of benzene rings is 2. The topological polar surface area (TPSA) is 66.6 Å². The molecule has 0 spiro atoms. The highest BCUT2D eigenvalue weighted by Gasteiger charge is 2.22. The Kier molecular flexibility index (Phi) is 6.99. The Balaban J connectivity index is 1.93. The van der Waals surface area contributed by atoms with Gasteiger partial charge in [0.1, 0.15) is 0 Å². The number of carbonyl (C=O) groups is 1. The molecule has 1 amide bonds. The second-order valence-electron chi connectivity index (χ2n) is 9.24. The van der Waals surface area contributed by atoms with Crippen LogP contribution in [0.25, 0.3) is 28.2 Å². The van der Waals surface area contributed by atoms with Crippen LogP contribution >= 0.6 is 23.2 Å². The van der Waals surface area contributed by atoms with Crippen LogP contribution in [-0.2, 0) is 5.41 Å². The Morgan fingerprint density at radius 1 is 1.00 bits per heavy atom. The summed E-state index contributed by atoms with van der Waals surface area (Å²) >= 11 is 12.6. The minimum atomic E-state index is -0.289. The standard InChI is InChI=1S/C27H27Cl2N3O2/c1-27(2,3)19-9-5-17(6-10-19)23-24(18-7-11-20(28)12-8-18)32-16-21(29)15-22(25(32)31-23)26(34)30-13-4-14-33/h5-12,15-16,33H,4,13-14H2,1-3H3,(H,30,34). The molecule has 0 unspecified atom stereocenters. The fourth-order valence-corrected chi connectivity index (χ4v) is 4.20. The average Bonchev–Trinajstić information content (AvgIpc) is 3.18. The van der Waals surface area contributed by atoms with Crippen LogP contribution in [0.15, 0.2) is 60.8 Å². The number of amides is 1. The number of halogens is 2. The smallest absolute Gasteiger partial charge is 0.255 e. The van der Waals surface area contributed by atoms with Crippen molar-refractivity contribution in [2.24, 2.45) is 0 Å². The highest BCUT2D eigenvalue weighted by Crippen LogP contribution is 2.36. The highest BCUT2D eigenvalue weighted by atomic mass is 35.5. The average molecular weight is 496 g/mol. The number of imidazole rings is 1. The van der Waals surface area contributed by atoms with Gasteiger partial charge in [-0.2, -0.15) is 0 Å². The summed E-state index contributed by atoms with van der Waals surface area (Å²) in [7, 11) is 0. The van der Waals surface area contributed by atoms with Gasteiger partial charge in [-0.25, -0.2) is 4.98 Å². The quantitative estimate of drug-likeness (QED) is 0.304. The van der Waals surface area contributed by atoms with Crippen molar-refractivity contribution in [1.82, 2.24) is 14.7 Å². The van der Waals surface area contributed by atoms with Crippen molar-refractivity contribution >= 4 is 34.8 Å². The third kappa shape index (κ3) is 4.97. The normalized spacial score (nSPS) is 11.7. The fourth-order valence-electron chi connectivity index (χ4n) is 3.87. The number of fused-ring (bicyclic) bond motifs is 1.